The van der Waals surface area contributed by atoms with Crippen LogP contribution in [-0.4, -0.2) is 19.4 Å². The Labute approximate surface area is 112 Å². The summed E-state index contributed by atoms with van der Waals surface area (Å²) in [5.41, 5.74) is 0. The molecule has 0 heterocycles. The largest absolute Gasteiger partial charge is 0.508 e. The number of rotatable bonds is 8. The first-order valence-corrected chi connectivity index (χ1v) is 6.87. The second-order valence-electron chi connectivity index (χ2n) is 5.37. The molecule has 0 aliphatic carbocycles. The zero-order valence-corrected chi connectivity index (χ0v) is 12.4. The minimum atomic E-state index is -0.628. The van der Waals surface area contributed by atoms with Crippen LogP contribution in [0.15, 0.2) is 12.2 Å². The van der Waals surface area contributed by atoms with Crippen molar-refractivity contribution >= 4 is 6.16 Å². The van der Waals surface area contributed by atoms with Crippen molar-refractivity contribution in [3.05, 3.63) is 12.2 Å². The van der Waals surface area contributed by atoms with Crippen molar-refractivity contribution in [3.63, 3.8) is 0 Å². The number of carbonyl (C=O) groups is 1. The second-order valence-corrected chi connectivity index (χ2v) is 5.37. The lowest BCUT2D eigenvalue weighted by atomic mass is 9.97. The molecule has 0 aliphatic heterocycles. The highest BCUT2D eigenvalue weighted by Gasteiger charge is 2.05. The maximum atomic E-state index is 10.8. The van der Waals surface area contributed by atoms with Crippen molar-refractivity contribution in [2.75, 3.05) is 7.11 Å². The number of ether oxygens (including phenoxy) is 2. The number of allylic oxidation sites excluding steroid dienone is 1. The zero-order valence-electron chi connectivity index (χ0n) is 12.4. The molecule has 0 amide bonds. The lowest BCUT2D eigenvalue weighted by Crippen LogP contribution is -2.12. The van der Waals surface area contributed by atoms with Crippen molar-refractivity contribution in [2.24, 2.45) is 11.8 Å². The van der Waals surface area contributed by atoms with Gasteiger partial charge in [-0.1, -0.05) is 46.1 Å². The van der Waals surface area contributed by atoms with Crippen molar-refractivity contribution in [1.82, 2.24) is 0 Å². The van der Waals surface area contributed by atoms with Gasteiger partial charge in [-0.3, -0.25) is 0 Å². The highest BCUT2D eigenvalue weighted by atomic mass is 16.7. The van der Waals surface area contributed by atoms with E-state index in [-0.39, 0.29) is 6.10 Å². The van der Waals surface area contributed by atoms with E-state index in [9.17, 15) is 4.79 Å². The summed E-state index contributed by atoms with van der Waals surface area (Å²) in [6.07, 6.45) is 8.04. The van der Waals surface area contributed by atoms with E-state index < -0.39 is 6.16 Å². The molecule has 0 aromatic carbocycles. The van der Waals surface area contributed by atoms with Crippen LogP contribution in [0.5, 0.6) is 0 Å². The van der Waals surface area contributed by atoms with Crippen molar-refractivity contribution in [3.8, 4) is 0 Å². The molecule has 2 atom stereocenters. The minimum absolute atomic E-state index is 0.222. The molecule has 1 unspecified atom stereocenters. The first kappa shape index (κ1) is 17.0. The van der Waals surface area contributed by atoms with E-state index in [4.69, 9.17) is 4.74 Å². The summed E-state index contributed by atoms with van der Waals surface area (Å²) in [6, 6.07) is 0. The summed E-state index contributed by atoms with van der Waals surface area (Å²) in [5, 5.41) is 0. The Morgan fingerprint density at radius 1 is 1.17 bits per heavy atom. The Morgan fingerprint density at radius 3 is 2.39 bits per heavy atom. The molecule has 0 aromatic rings. The fraction of sp³-hybridized carbons (Fsp3) is 0.800. The fourth-order valence-corrected chi connectivity index (χ4v) is 1.73. The number of methoxy groups -OCH3 is 1. The van der Waals surface area contributed by atoms with Gasteiger partial charge in [-0.25, -0.2) is 4.79 Å². The predicted molar refractivity (Wildman–Crippen MR) is 74.6 cm³/mol. The first-order chi connectivity index (χ1) is 8.45. The van der Waals surface area contributed by atoms with Gasteiger partial charge in [-0.15, -0.1) is 0 Å². The number of carbonyl (C=O) groups excluding carboxylic acids is 1. The fourth-order valence-electron chi connectivity index (χ4n) is 1.73. The Hall–Kier alpha value is -0.990. The van der Waals surface area contributed by atoms with Gasteiger partial charge in [0.2, 0.25) is 0 Å². The molecule has 0 N–H and O–H groups in total. The summed E-state index contributed by atoms with van der Waals surface area (Å²) < 4.78 is 9.37. The monoisotopic (exact) mass is 256 g/mol. The Balaban J connectivity index is 3.69. The third-order valence-corrected chi connectivity index (χ3v) is 2.87. The normalized spacial score (nSPS) is 14.8. The standard InChI is InChI=1S/C15H28O3/c1-12(2)8-6-9-13(3)10-7-11-14(4)18-15(16)17-5/h7,11-14H,6,8-10H2,1-5H3/b11-7+/t13-,14?/m1/s1. The summed E-state index contributed by atoms with van der Waals surface area (Å²) in [6.45, 7) is 8.61. The van der Waals surface area contributed by atoms with Crippen LogP contribution < -0.4 is 0 Å². The van der Waals surface area contributed by atoms with Crippen LogP contribution >= 0.6 is 0 Å². The van der Waals surface area contributed by atoms with Gasteiger partial charge in [0.1, 0.15) is 6.10 Å². The summed E-state index contributed by atoms with van der Waals surface area (Å²) in [7, 11) is 1.32. The molecule has 106 valence electrons. The average molecular weight is 256 g/mol. The van der Waals surface area contributed by atoms with Crippen LogP contribution in [0.1, 0.15) is 53.4 Å². The average Bonchev–Trinajstić information content (AvgIpc) is 2.28. The molecule has 0 bridgehead atoms. The van der Waals surface area contributed by atoms with Gasteiger partial charge >= 0.3 is 6.16 Å². The highest BCUT2D eigenvalue weighted by Crippen LogP contribution is 2.15. The van der Waals surface area contributed by atoms with E-state index in [1.165, 1.54) is 26.4 Å². The predicted octanol–water partition coefficient (Wildman–Crippen LogP) is 4.57. The second kappa shape index (κ2) is 9.98. The molecule has 0 spiro atoms. The van der Waals surface area contributed by atoms with E-state index >= 15 is 0 Å². The molecule has 0 saturated carbocycles. The van der Waals surface area contributed by atoms with Crippen LogP contribution in [0.4, 0.5) is 4.79 Å². The SMILES string of the molecule is COC(=O)OC(C)/C=C/C[C@H](C)CCCC(C)C. The molecule has 0 fully saturated rings. The summed E-state index contributed by atoms with van der Waals surface area (Å²) in [5.74, 6) is 1.48. The van der Waals surface area contributed by atoms with Crippen LogP contribution in [0.3, 0.4) is 0 Å². The lowest BCUT2D eigenvalue weighted by Gasteiger charge is -2.11. The summed E-state index contributed by atoms with van der Waals surface area (Å²) in [4.78, 5) is 10.8. The Kier molecular flexibility index (Phi) is 9.43. The van der Waals surface area contributed by atoms with E-state index in [0.29, 0.717) is 5.92 Å². The van der Waals surface area contributed by atoms with Crippen molar-refractivity contribution in [2.45, 2.75) is 59.5 Å². The quantitative estimate of drug-likeness (QED) is 0.471. The molecule has 3 heteroatoms. The smallest absolute Gasteiger partial charge is 0.438 e. The Bertz CT molecular complexity index is 246. The van der Waals surface area contributed by atoms with Gasteiger partial charge in [-0.05, 0) is 31.3 Å². The zero-order chi connectivity index (χ0) is 14.0. The van der Waals surface area contributed by atoms with E-state index in [2.05, 4.69) is 31.6 Å². The molecule has 0 aromatic heterocycles. The molecular weight excluding hydrogens is 228 g/mol. The Morgan fingerprint density at radius 2 is 1.83 bits per heavy atom. The van der Waals surface area contributed by atoms with Crippen LogP contribution in [0.2, 0.25) is 0 Å². The summed E-state index contributed by atoms with van der Waals surface area (Å²) >= 11 is 0. The third kappa shape index (κ3) is 10.2. The molecule has 3 nitrogen and oxygen atoms in total. The molecule has 0 rings (SSSR count). The lowest BCUT2D eigenvalue weighted by molar-refractivity contribution is 0.0578. The third-order valence-electron chi connectivity index (χ3n) is 2.87. The van der Waals surface area contributed by atoms with Crippen LogP contribution in [0, 0.1) is 11.8 Å². The van der Waals surface area contributed by atoms with Gasteiger partial charge in [-0.2, -0.15) is 0 Å². The van der Waals surface area contributed by atoms with E-state index in [1.54, 1.807) is 0 Å². The molecular formula is C15H28O3. The molecule has 0 radical (unpaired) electrons. The van der Waals surface area contributed by atoms with E-state index in [0.717, 1.165) is 12.3 Å². The number of hydrogen-bond acceptors (Lipinski definition) is 3. The molecule has 18 heavy (non-hydrogen) atoms. The number of hydrogen-bond donors (Lipinski definition) is 0. The van der Waals surface area contributed by atoms with Gasteiger partial charge in [0.15, 0.2) is 0 Å². The van der Waals surface area contributed by atoms with Gasteiger partial charge in [0.05, 0.1) is 7.11 Å². The van der Waals surface area contributed by atoms with Crippen LogP contribution in [0.25, 0.3) is 0 Å². The topological polar surface area (TPSA) is 35.5 Å². The van der Waals surface area contributed by atoms with Gasteiger partial charge in [0.25, 0.3) is 0 Å². The van der Waals surface area contributed by atoms with Gasteiger partial charge in [0, 0.05) is 0 Å². The van der Waals surface area contributed by atoms with Crippen molar-refractivity contribution in [1.29, 1.82) is 0 Å². The maximum Gasteiger partial charge on any atom is 0.508 e. The van der Waals surface area contributed by atoms with Crippen LogP contribution in [-0.2, 0) is 9.47 Å². The highest BCUT2D eigenvalue weighted by molar-refractivity contribution is 5.59. The molecule has 0 aliphatic rings. The van der Waals surface area contributed by atoms with Gasteiger partial charge < -0.3 is 9.47 Å². The van der Waals surface area contributed by atoms with E-state index in [1.807, 2.05) is 13.0 Å². The van der Waals surface area contributed by atoms with Crippen molar-refractivity contribution < 1.29 is 14.3 Å². The minimum Gasteiger partial charge on any atom is -0.438 e. The molecule has 0 saturated heterocycles. The first-order valence-electron chi connectivity index (χ1n) is 6.87. The maximum absolute atomic E-state index is 10.8.